The van der Waals surface area contributed by atoms with Gasteiger partial charge in [0.1, 0.15) is 0 Å². The van der Waals surface area contributed by atoms with Crippen LogP contribution >= 0.6 is 34.8 Å². The lowest BCUT2D eigenvalue weighted by Gasteiger charge is -2.15. The van der Waals surface area contributed by atoms with Crippen LogP contribution in [0, 0.1) is 12.8 Å². The van der Waals surface area contributed by atoms with Gasteiger partial charge in [-0.2, -0.15) is 0 Å². The van der Waals surface area contributed by atoms with E-state index in [1.807, 2.05) is 18.2 Å². The fourth-order valence-electron chi connectivity index (χ4n) is 2.26. The number of aryl methyl sites for hydroxylation is 1. The first kappa shape index (κ1) is 15.7. The molecule has 1 unspecified atom stereocenters. The van der Waals surface area contributed by atoms with E-state index in [0.29, 0.717) is 21.8 Å². The molecule has 106 valence electrons. The number of hydrogen-bond acceptors (Lipinski definition) is 0. The summed E-state index contributed by atoms with van der Waals surface area (Å²) in [7, 11) is 0. The first-order valence-corrected chi connectivity index (χ1v) is 7.93. The fourth-order valence-corrected chi connectivity index (χ4v) is 2.87. The van der Waals surface area contributed by atoms with Crippen molar-refractivity contribution in [1.82, 2.24) is 0 Å². The summed E-state index contributed by atoms with van der Waals surface area (Å²) in [4.78, 5) is 0. The quantitative estimate of drug-likeness (QED) is 0.596. The van der Waals surface area contributed by atoms with Crippen molar-refractivity contribution in [3.8, 4) is 0 Å². The molecule has 2 aromatic carbocycles. The second kappa shape index (κ2) is 7.36. The molecule has 2 rings (SSSR count). The Hall–Kier alpha value is -0.690. The van der Waals surface area contributed by atoms with E-state index in [-0.39, 0.29) is 0 Å². The molecule has 3 heteroatoms. The molecule has 0 spiro atoms. The largest absolute Gasteiger partial charge is 0.126 e. The Morgan fingerprint density at radius 3 is 2.30 bits per heavy atom. The molecular formula is C17H17Cl3. The Labute approximate surface area is 135 Å². The summed E-state index contributed by atoms with van der Waals surface area (Å²) in [6.07, 6.45) is 1.80. The zero-order chi connectivity index (χ0) is 14.5. The van der Waals surface area contributed by atoms with Crippen LogP contribution in [0.25, 0.3) is 0 Å². The first-order chi connectivity index (χ1) is 9.60. The zero-order valence-electron chi connectivity index (χ0n) is 11.4. The molecule has 0 aliphatic heterocycles. The highest BCUT2D eigenvalue weighted by Gasteiger charge is 2.13. The van der Waals surface area contributed by atoms with E-state index in [4.69, 9.17) is 34.8 Å². The second-order valence-corrected chi connectivity index (χ2v) is 6.22. The molecule has 1 atom stereocenters. The lowest BCUT2D eigenvalue weighted by Crippen LogP contribution is -2.10. The summed E-state index contributed by atoms with van der Waals surface area (Å²) in [5.41, 5.74) is 3.64. The third-order valence-electron chi connectivity index (χ3n) is 3.40. The third kappa shape index (κ3) is 4.15. The van der Waals surface area contributed by atoms with Gasteiger partial charge in [-0.3, -0.25) is 0 Å². The Morgan fingerprint density at radius 1 is 0.950 bits per heavy atom. The lowest BCUT2D eigenvalue weighted by molar-refractivity contribution is 0.584. The van der Waals surface area contributed by atoms with E-state index in [1.54, 1.807) is 0 Å². The number of rotatable bonds is 5. The Kier molecular flexibility index (Phi) is 5.77. The summed E-state index contributed by atoms with van der Waals surface area (Å²) in [6.45, 7) is 2.09. The Bertz CT molecular complexity index is 561. The van der Waals surface area contributed by atoms with Crippen molar-refractivity contribution in [2.75, 3.05) is 5.88 Å². The van der Waals surface area contributed by atoms with Gasteiger partial charge in [0.15, 0.2) is 0 Å². The van der Waals surface area contributed by atoms with Crippen LogP contribution in [0.15, 0.2) is 42.5 Å². The summed E-state index contributed by atoms with van der Waals surface area (Å²) >= 11 is 18.4. The van der Waals surface area contributed by atoms with Crippen molar-refractivity contribution in [2.24, 2.45) is 5.92 Å². The minimum atomic E-state index is 0.357. The average Bonchev–Trinajstić information content (AvgIpc) is 2.45. The number of benzene rings is 2. The molecule has 0 aromatic heterocycles. The van der Waals surface area contributed by atoms with Crippen LogP contribution in [0.1, 0.15) is 16.7 Å². The van der Waals surface area contributed by atoms with Gasteiger partial charge in [-0.05, 0) is 42.9 Å². The number of alkyl halides is 1. The van der Waals surface area contributed by atoms with E-state index in [9.17, 15) is 0 Å². The van der Waals surface area contributed by atoms with Gasteiger partial charge < -0.3 is 0 Å². The standard InChI is InChI=1S/C17H17Cl3/c1-12-5-7-13(8-6-12)9-14(11-18)10-15-3-2-4-16(19)17(15)20/h2-8,14H,9-11H2,1H3. The van der Waals surface area contributed by atoms with Gasteiger partial charge in [0.25, 0.3) is 0 Å². The summed E-state index contributed by atoms with van der Waals surface area (Å²) in [5.74, 6) is 0.965. The Balaban J connectivity index is 2.09. The number of halogens is 3. The van der Waals surface area contributed by atoms with Gasteiger partial charge in [-0.25, -0.2) is 0 Å². The first-order valence-electron chi connectivity index (χ1n) is 6.64. The summed E-state index contributed by atoms with van der Waals surface area (Å²) in [5, 5.41) is 1.25. The van der Waals surface area contributed by atoms with E-state index in [1.165, 1.54) is 11.1 Å². The van der Waals surface area contributed by atoms with Crippen molar-refractivity contribution in [3.63, 3.8) is 0 Å². The van der Waals surface area contributed by atoms with E-state index < -0.39 is 0 Å². The molecule has 0 N–H and O–H groups in total. The molecule has 0 fully saturated rings. The van der Waals surface area contributed by atoms with Crippen LogP contribution in [0.3, 0.4) is 0 Å². The SMILES string of the molecule is Cc1ccc(CC(CCl)Cc2cccc(Cl)c2Cl)cc1. The monoisotopic (exact) mass is 326 g/mol. The highest BCUT2D eigenvalue weighted by atomic mass is 35.5. The maximum atomic E-state index is 6.24. The normalized spacial score (nSPS) is 12.4. The predicted molar refractivity (Wildman–Crippen MR) is 89.3 cm³/mol. The van der Waals surface area contributed by atoms with Gasteiger partial charge in [0, 0.05) is 5.88 Å². The predicted octanol–water partition coefficient (Wildman–Crippen LogP) is 5.94. The molecule has 0 radical (unpaired) electrons. The second-order valence-electron chi connectivity index (χ2n) is 5.13. The van der Waals surface area contributed by atoms with Crippen molar-refractivity contribution in [3.05, 3.63) is 69.2 Å². The van der Waals surface area contributed by atoms with Crippen molar-refractivity contribution in [1.29, 1.82) is 0 Å². The third-order valence-corrected chi connectivity index (χ3v) is 4.70. The van der Waals surface area contributed by atoms with Crippen molar-refractivity contribution < 1.29 is 0 Å². The van der Waals surface area contributed by atoms with Crippen LogP contribution in [-0.4, -0.2) is 5.88 Å². The highest BCUT2D eigenvalue weighted by molar-refractivity contribution is 6.42. The topological polar surface area (TPSA) is 0 Å². The van der Waals surface area contributed by atoms with Crippen LogP contribution in [-0.2, 0) is 12.8 Å². The van der Waals surface area contributed by atoms with Gasteiger partial charge in [0.2, 0.25) is 0 Å². The molecule has 20 heavy (non-hydrogen) atoms. The minimum absolute atomic E-state index is 0.357. The molecular weight excluding hydrogens is 311 g/mol. The molecule has 0 nitrogen and oxygen atoms in total. The van der Waals surface area contributed by atoms with Crippen molar-refractivity contribution in [2.45, 2.75) is 19.8 Å². The molecule has 0 amide bonds. The maximum Gasteiger partial charge on any atom is 0.0624 e. The van der Waals surface area contributed by atoms with Crippen LogP contribution in [0.5, 0.6) is 0 Å². The fraction of sp³-hybridized carbons (Fsp3) is 0.294. The van der Waals surface area contributed by atoms with Gasteiger partial charge in [-0.1, -0.05) is 65.2 Å². The molecule has 0 aliphatic rings. The van der Waals surface area contributed by atoms with Crippen LogP contribution in [0.4, 0.5) is 0 Å². The van der Waals surface area contributed by atoms with E-state index in [2.05, 4.69) is 31.2 Å². The van der Waals surface area contributed by atoms with Gasteiger partial charge in [-0.15, -0.1) is 11.6 Å². The number of hydrogen-bond donors (Lipinski definition) is 0. The van der Waals surface area contributed by atoms with E-state index >= 15 is 0 Å². The molecule has 0 heterocycles. The molecule has 0 saturated carbocycles. The Morgan fingerprint density at radius 2 is 1.65 bits per heavy atom. The summed E-state index contributed by atoms with van der Waals surface area (Å²) < 4.78 is 0. The smallest absolute Gasteiger partial charge is 0.0624 e. The average molecular weight is 328 g/mol. The molecule has 0 bridgehead atoms. The molecule has 0 saturated heterocycles. The van der Waals surface area contributed by atoms with Gasteiger partial charge in [0.05, 0.1) is 10.0 Å². The molecule has 2 aromatic rings. The van der Waals surface area contributed by atoms with Crippen LogP contribution in [0.2, 0.25) is 10.0 Å². The minimum Gasteiger partial charge on any atom is -0.126 e. The van der Waals surface area contributed by atoms with Gasteiger partial charge >= 0.3 is 0 Å². The summed E-state index contributed by atoms with van der Waals surface area (Å²) in [6, 6.07) is 14.3. The zero-order valence-corrected chi connectivity index (χ0v) is 13.6. The highest BCUT2D eigenvalue weighted by Crippen LogP contribution is 2.28. The van der Waals surface area contributed by atoms with E-state index in [0.717, 1.165) is 18.4 Å². The van der Waals surface area contributed by atoms with Crippen molar-refractivity contribution >= 4 is 34.8 Å². The van der Waals surface area contributed by atoms with Crippen LogP contribution < -0.4 is 0 Å². The molecule has 0 aliphatic carbocycles. The lowest BCUT2D eigenvalue weighted by atomic mass is 9.93. The maximum absolute atomic E-state index is 6.24.